The molecule has 0 N–H and O–H groups in total. The quantitative estimate of drug-likeness (QED) is 0.663. The molecule has 0 amide bonds. The van der Waals surface area contributed by atoms with Gasteiger partial charge in [0.25, 0.3) is 11.0 Å². The largest absolute Gasteiger partial charge is 0.497 e. The van der Waals surface area contributed by atoms with E-state index in [1.165, 1.54) is 12.0 Å². The average Bonchev–Trinajstić information content (AvgIpc) is 2.59. The van der Waals surface area contributed by atoms with Crippen molar-refractivity contribution < 1.29 is 19.1 Å². The lowest BCUT2D eigenvalue weighted by Crippen LogP contribution is -2.38. The Labute approximate surface area is 74.4 Å². The van der Waals surface area contributed by atoms with Gasteiger partial charge in [-0.05, 0) is 10.7 Å². The highest BCUT2D eigenvalue weighted by Crippen LogP contribution is 2.15. The van der Waals surface area contributed by atoms with E-state index in [9.17, 15) is 0 Å². The van der Waals surface area contributed by atoms with Gasteiger partial charge in [0.2, 0.25) is 0 Å². The summed E-state index contributed by atoms with van der Waals surface area (Å²) in [7, 11) is 3.11. The molecule has 0 bridgehead atoms. The van der Waals surface area contributed by atoms with E-state index in [1.54, 1.807) is 19.2 Å². The van der Waals surface area contributed by atoms with Crippen molar-refractivity contribution in [3.63, 3.8) is 0 Å². The summed E-state index contributed by atoms with van der Waals surface area (Å²) in [5, 5.41) is 3.77. The number of nitrogens with zero attached hydrogens (tertiary/aromatic N) is 2. The third-order valence-corrected chi connectivity index (χ3v) is 1.76. The molecule has 0 atom stereocenters. The van der Waals surface area contributed by atoms with Crippen LogP contribution in [0.15, 0.2) is 22.8 Å². The van der Waals surface area contributed by atoms with Gasteiger partial charge in [-0.2, -0.15) is 0 Å². The highest BCUT2D eigenvalue weighted by Gasteiger charge is 2.16. The first-order valence-electron chi connectivity index (χ1n) is 3.75. The zero-order chi connectivity index (χ0) is 9.26. The summed E-state index contributed by atoms with van der Waals surface area (Å²) in [6, 6.07) is 5.40. The molecule has 0 radical (unpaired) electrons. The number of ether oxygens (including phenoxy) is 1. The number of hydrogen-bond acceptors (Lipinski definition) is 4. The van der Waals surface area contributed by atoms with Gasteiger partial charge >= 0.3 is 0 Å². The zero-order valence-electron chi connectivity index (χ0n) is 7.35. The van der Waals surface area contributed by atoms with Gasteiger partial charge in [-0.15, -0.1) is 0 Å². The molecule has 0 fully saturated rings. The van der Waals surface area contributed by atoms with Gasteiger partial charge in [0, 0.05) is 12.1 Å². The van der Waals surface area contributed by atoms with Crippen molar-refractivity contribution in [1.29, 1.82) is 0 Å². The van der Waals surface area contributed by atoms with Crippen molar-refractivity contribution in [3.05, 3.63) is 18.2 Å². The lowest BCUT2D eigenvalue weighted by atomic mass is 10.3. The maximum absolute atomic E-state index is 5.05. The monoisotopic (exact) mass is 181 g/mol. The molecule has 0 unspecified atom stereocenters. The minimum atomic E-state index is 0.725. The predicted molar refractivity (Wildman–Crippen MR) is 43.3 cm³/mol. The SMILES string of the molecule is COc1ccc2no[n+](OC)c2c1. The molecule has 1 aromatic heterocycles. The molecule has 13 heavy (non-hydrogen) atoms. The third-order valence-electron chi connectivity index (χ3n) is 1.76. The van der Waals surface area contributed by atoms with Crippen LogP contribution in [-0.4, -0.2) is 19.4 Å². The average molecular weight is 181 g/mol. The molecule has 0 saturated carbocycles. The van der Waals surface area contributed by atoms with E-state index in [1.807, 2.05) is 6.07 Å². The van der Waals surface area contributed by atoms with Gasteiger partial charge in [0.05, 0.1) is 7.11 Å². The number of methoxy groups -OCH3 is 1. The summed E-state index contributed by atoms with van der Waals surface area (Å²) in [5.41, 5.74) is 1.46. The fourth-order valence-electron chi connectivity index (χ4n) is 1.11. The first-order valence-corrected chi connectivity index (χ1v) is 3.75. The van der Waals surface area contributed by atoms with Crippen LogP contribution in [-0.2, 0) is 0 Å². The second-order valence-corrected chi connectivity index (χ2v) is 2.47. The normalized spacial score (nSPS) is 10.3. The van der Waals surface area contributed by atoms with Crippen molar-refractivity contribution in [1.82, 2.24) is 5.16 Å². The van der Waals surface area contributed by atoms with Crippen LogP contribution in [0.25, 0.3) is 11.0 Å². The van der Waals surface area contributed by atoms with Gasteiger partial charge in [-0.25, -0.2) is 0 Å². The van der Waals surface area contributed by atoms with Crippen LogP contribution in [0, 0.1) is 0 Å². The number of rotatable bonds is 2. The van der Waals surface area contributed by atoms with Gasteiger partial charge in [-0.3, -0.25) is 0 Å². The molecule has 1 heterocycles. The van der Waals surface area contributed by atoms with Crippen molar-refractivity contribution in [3.8, 4) is 5.75 Å². The van der Waals surface area contributed by atoms with Crippen molar-refractivity contribution in [2.45, 2.75) is 0 Å². The number of benzene rings is 1. The molecular weight excluding hydrogens is 172 g/mol. The zero-order valence-corrected chi connectivity index (χ0v) is 7.35. The first-order chi connectivity index (χ1) is 6.35. The molecule has 0 spiro atoms. The molecule has 5 nitrogen and oxygen atoms in total. The van der Waals surface area contributed by atoms with Crippen LogP contribution in [0.2, 0.25) is 0 Å². The van der Waals surface area contributed by atoms with Gasteiger partial charge < -0.3 is 9.57 Å². The molecule has 0 saturated heterocycles. The molecule has 5 heteroatoms. The van der Waals surface area contributed by atoms with Crippen molar-refractivity contribution in [2.75, 3.05) is 14.2 Å². The van der Waals surface area contributed by atoms with Crippen LogP contribution in [0.5, 0.6) is 5.75 Å². The standard InChI is InChI=1S/C8H9N2O3/c1-11-6-3-4-7-8(5-6)10(12-2)13-9-7/h3-5H,1-2H3/q+1. The lowest BCUT2D eigenvalue weighted by Gasteiger charge is -1.94. The topological polar surface area (TPSA) is 48.4 Å². The molecule has 0 aliphatic carbocycles. The Morgan fingerprint density at radius 2 is 2.23 bits per heavy atom. The van der Waals surface area contributed by atoms with E-state index in [0.29, 0.717) is 0 Å². The van der Waals surface area contributed by atoms with E-state index in [-0.39, 0.29) is 0 Å². The van der Waals surface area contributed by atoms with Gasteiger partial charge in [-0.1, -0.05) is 0 Å². The molecule has 0 aliphatic heterocycles. The molecule has 2 rings (SSSR count). The number of fused-ring (bicyclic) bond motifs is 1. The second kappa shape index (κ2) is 2.93. The maximum atomic E-state index is 5.05. The summed E-state index contributed by atoms with van der Waals surface area (Å²) >= 11 is 0. The minimum Gasteiger partial charge on any atom is -0.497 e. The highest BCUT2D eigenvalue weighted by molar-refractivity contribution is 5.71. The van der Waals surface area contributed by atoms with Crippen LogP contribution in [0.4, 0.5) is 0 Å². The van der Waals surface area contributed by atoms with Crippen molar-refractivity contribution >= 4 is 11.0 Å². The lowest BCUT2D eigenvalue weighted by molar-refractivity contribution is -1.00. The molecular formula is C8H9N2O3+. The second-order valence-electron chi connectivity index (χ2n) is 2.47. The predicted octanol–water partition coefficient (Wildman–Crippen LogP) is 0.182. The van der Waals surface area contributed by atoms with Crippen LogP contribution in [0.3, 0.4) is 0 Å². The first kappa shape index (κ1) is 7.85. The molecule has 2 aromatic rings. The van der Waals surface area contributed by atoms with E-state index < -0.39 is 0 Å². The fraction of sp³-hybridized carbons (Fsp3) is 0.250. The summed E-state index contributed by atoms with van der Waals surface area (Å²) in [6.45, 7) is 0. The van der Waals surface area contributed by atoms with E-state index in [4.69, 9.17) is 14.2 Å². The summed E-state index contributed by atoms with van der Waals surface area (Å²) in [5.74, 6) is 0.738. The number of hydrogen-bond donors (Lipinski definition) is 0. The fourth-order valence-corrected chi connectivity index (χ4v) is 1.11. The van der Waals surface area contributed by atoms with Crippen LogP contribution < -0.4 is 14.5 Å². The third kappa shape index (κ3) is 1.18. The Morgan fingerprint density at radius 1 is 1.38 bits per heavy atom. The van der Waals surface area contributed by atoms with Gasteiger partial charge in [0.15, 0.2) is 5.16 Å². The van der Waals surface area contributed by atoms with Crippen LogP contribution in [0.1, 0.15) is 0 Å². The Balaban J connectivity index is 2.64. The Bertz CT molecular complexity index is 424. The van der Waals surface area contributed by atoms with Crippen LogP contribution >= 0.6 is 0 Å². The smallest absolute Gasteiger partial charge is 0.278 e. The Morgan fingerprint density at radius 3 is 2.92 bits per heavy atom. The van der Waals surface area contributed by atoms with E-state index in [0.717, 1.165) is 16.8 Å². The Hall–Kier alpha value is -1.78. The Kier molecular flexibility index (Phi) is 1.77. The van der Waals surface area contributed by atoms with Crippen molar-refractivity contribution in [2.24, 2.45) is 0 Å². The minimum absolute atomic E-state index is 0.725. The van der Waals surface area contributed by atoms with E-state index >= 15 is 0 Å². The molecule has 0 aliphatic rings. The summed E-state index contributed by atoms with van der Waals surface area (Å²) < 4.78 is 9.91. The van der Waals surface area contributed by atoms with E-state index in [2.05, 4.69) is 5.16 Å². The highest BCUT2D eigenvalue weighted by atomic mass is 16.8. The molecule has 1 aromatic carbocycles. The summed E-state index contributed by atoms with van der Waals surface area (Å²) in [4.78, 5) is 6.12. The van der Waals surface area contributed by atoms with Gasteiger partial charge in [0.1, 0.15) is 17.8 Å². The molecule has 68 valence electrons. The summed E-state index contributed by atoms with van der Waals surface area (Å²) in [6.07, 6.45) is 0. The maximum Gasteiger partial charge on any atom is 0.278 e. The number of aromatic nitrogens is 2.